The first-order valence-corrected chi connectivity index (χ1v) is 11.0. The molecule has 0 aliphatic carbocycles. The summed E-state index contributed by atoms with van der Waals surface area (Å²) in [4.78, 5) is 8.96. The van der Waals surface area contributed by atoms with Crippen LogP contribution < -0.4 is 5.32 Å². The maximum atomic E-state index is 4.49. The monoisotopic (exact) mass is 397 g/mol. The molecule has 2 aromatic rings. The van der Waals surface area contributed by atoms with E-state index >= 15 is 0 Å². The first-order valence-electron chi connectivity index (χ1n) is 11.0. The van der Waals surface area contributed by atoms with Crippen LogP contribution in [-0.2, 0) is 13.0 Å². The Labute approximate surface area is 180 Å². The van der Waals surface area contributed by atoms with Gasteiger partial charge < -0.3 is 5.32 Å². The molecule has 0 atom stereocenters. The molecule has 0 saturated carbocycles. The van der Waals surface area contributed by atoms with E-state index in [-0.39, 0.29) is 1.43 Å². The van der Waals surface area contributed by atoms with Crippen LogP contribution in [0.2, 0.25) is 0 Å². The Morgan fingerprint density at radius 1 is 1.07 bits per heavy atom. The average Bonchev–Trinajstić information content (AvgIpc) is 2.76. The summed E-state index contributed by atoms with van der Waals surface area (Å²) < 4.78 is 0. The number of nitrogens with zero attached hydrogens (tertiary/aromatic N) is 2. The van der Waals surface area contributed by atoms with Crippen molar-refractivity contribution in [2.75, 3.05) is 0 Å². The second kappa shape index (κ2) is 16.5. The van der Waals surface area contributed by atoms with Gasteiger partial charge in [0.15, 0.2) is 0 Å². The predicted octanol–water partition coefficient (Wildman–Crippen LogP) is 7.79. The van der Waals surface area contributed by atoms with Gasteiger partial charge in [0.1, 0.15) is 0 Å². The number of hydrogen-bond acceptors (Lipinski definition) is 3. The molecule has 0 bridgehead atoms. The lowest BCUT2D eigenvalue weighted by Crippen LogP contribution is -2.14. The number of allylic oxidation sites excluding steroid dienone is 4. The second-order valence-corrected chi connectivity index (χ2v) is 6.57. The van der Waals surface area contributed by atoms with Crippen LogP contribution in [0, 0.1) is 0 Å². The molecule has 1 aromatic carbocycles. The zero-order valence-corrected chi connectivity index (χ0v) is 19.7. The topological polar surface area (TPSA) is 37.8 Å². The summed E-state index contributed by atoms with van der Waals surface area (Å²) in [5.74, 6) is 0. The molecule has 1 heterocycles. The first kappa shape index (κ1) is 26.6. The van der Waals surface area contributed by atoms with Crippen molar-refractivity contribution in [1.82, 2.24) is 15.3 Å². The molecule has 0 unspecified atom stereocenters. The van der Waals surface area contributed by atoms with Crippen molar-refractivity contribution in [1.29, 1.82) is 0 Å². The number of nitrogens with one attached hydrogen (secondary N) is 1. The molecule has 0 aliphatic heterocycles. The van der Waals surface area contributed by atoms with Gasteiger partial charge in [-0.15, -0.1) is 0 Å². The highest BCUT2D eigenvalue weighted by Crippen LogP contribution is 2.19. The van der Waals surface area contributed by atoms with Crippen molar-refractivity contribution in [3.05, 3.63) is 71.7 Å². The van der Waals surface area contributed by atoms with Crippen LogP contribution in [0.25, 0.3) is 11.0 Å². The van der Waals surface area contributed by atoms with Gasteiger partial charge in [0.05, 0.1) is 11.0 Å². The van der Waals surface area contributed by atoms with E-state index in [4.69, 9.17) is 0 Å². The van der Waals surface area contributed by atoms with E-state index in [2.05, 4.69) is 67.8 Å². The van der Waals surface area contributed by atoms with Crippen molar-refractivity contribution < 1.29 is 1.43 Å². The first-order chi connectivity index (χ1) is 14.1. The molecule has 2 rings (SSSR count). The van der Waals surface area contributed by atoms with Crippen LogP contribution in [0.15, 0.2) is 60.6 Å². The number of fused-ring (bicyclic) bond motifs is 1. The average molecular weight is 398 g/mol. The van der Waals surface area contributed by atoms with Crippen LogP contribution in [-0.4, -0.2) is 9.97 Å². The summed E-state index contributed by atoms with van der Waals surface area (Å²) >= 11 is 0. The minimum Gasteiger partial charge on any atom is -0.381 e. The number of aromatic nitrogens is 2. The molecule has 1 aromatic heterocycles. The molecule has 0 saturated heterocycles. The third-order valence-electron chi connectivity index (χ3n) is 4.30. The molecule has 3 heteroatoms. The molecule has 0 aliphatic rings. The Balaban J connectivity index is 0. The Kier molecular flexibility index (Phi) is 15.1. The molecule has 0 radical (unpaired) electrons. The van der Waals surface area contributed by atoms with Crippen molar-refractivity contribution in [3.63, 3.8) is 0 Å². The zero-order chi connectivity index (χ0) is 22.1. The Bertz CT molecular complexity index is 777. The third-order valence-corrected chi connectivity index (χ3v) is 4.30. The van der Waals surface area contributed by atoms with Gasteiger partial charge in [-0.25, -0.2) is 0 Å². The molecule has 0 amide bonds. The number of benzene rings is 1. The van der Waals surface area contributed by atoms with Gasteiger partial charge in [0.2, 0.25) is 0 Å². The zero-order valence-electron chi connectivity index (χ0n) is 19.7. The summed E-state index contributed by atoms with van der Waals surface area (Å²) in [5, 5.41) is 3.50. The standard InChI is InChI=1S/C20H25N3.C4H10.C2H6.H2/c1-5-8-15(4)18(7-3)23-14-16-12-17(9-6-2)20-19(13-16)21-10-11-22-20;1-3-4-2;1-2;/h5,7-8,10-13,23H,1,6,9,14H2,2-4H3;3-4H2,1-2H3;1-2H3;1H/b15-8-,18-7+;;;. The van der Waals surface area contributed by atoms with Gasteiger partial charge in [-0.3, -0.25) is 9.97 Å². The van der Waals surface area contributed by atoms with Crippen molar-refractivity contribution in [2.24, 2.45) is 0 Å². The van der Waals surface area contributed by atoms with E-state index in [0.29, 0.717) is 0 Å². The van der Waals surface area contributed by atoms with E-state index < -0.39 is 0 Å². The van der Waals surface area contributed by atoms with Crippen molar-refractivity contribution >= 4 is 11.0 Å². The van der Waals surface area contributed by atoms with E-state index in [1.165, 1.54) is 29.5 Å². The van der Waals surface area contributed by atoms with E-state index in [0.717, 1.165) is 36.1 Å². The molecule has 0 fully saturated rings. The Morgan fingerprint density at radius 2 is 1.72 bits per heavy atom. The lowest BCUT2D eigenvalue weighted by molar-refractivity contribution is 0.814. The second-order valence-electron chi connectivity index (χ2n) is 6.57. The van der Waals surface area contributed by atoms with Gasteiger partial charge in [-0.05, 0) is 43.0 Å². The third kappa shape index (κ3) is 9.56. The molecule has 162 valence electrons. The van der Waals surface area contributed by atoms with E-state index in [1.54, 1.807) is 12.4 Å². The fraction of sp³-hybridized carbons (Fsp3) is 0.462. The summed E-state index contributed by atoms with van der Waals surface area (Å²) in [6.45, 7) is 19.2. The normalized spacial score (nSPS) is 11.1. The molecular formula is C26H43N3. The predicted molar refractivity (Wildman–Crippen MR) is 132 cm³/mol. The molecule has 0 spiro atoms. The summed E-state index contributed by atoms with van der Waals surface area (Å²) in [5.41, 5.74) is 6.79. The van der Waals surface area contributed by atoms with Gasteiger partial charge in [-0.1, -0.05) is 84.8 Å². The maximum absolute atomic E-state index is 4.49. The Hall–Kier alpha value is -2.42. The van der Waals surface area contributed by atoms with Gasteiger partial charge in [0.25, 0.3) is 0 Å². The fourth-order valence-electron chi connectivity index (χ4n) is 2.71. The van der Waals surface area contributed by atoms with Crippen LogP contribution >= 0.6 is 0 Å². The minimum absolute atomic E-state index is 0. The molecule has 1 N–H and O–H groups in total. The van der Waals surface area contributed by atoms with Crippen LogP contribution in [0.4, 0.5) is 0 Å². The lowest BCUT2D eigenvalue weighted by Gasteiger charge is -2.13. The number of hydrogen-bond donors (Lipinski definition) is 1. The lowest BCUT2D eigenvalue weighted by atomic mass is 10.0. The van der Waals surface area contributed by atoms with Crippen LogP contribution in [0.3, 0.4) is 0 Å². The molecule has 29 heavy (non-hydrogen) atoms. The number of aryl methyl sites for hydroxylation is 1. The van der Waals surface area contributed by atoms with E-state index in [1.807, 2.05) is 32.9 Å². The van der Waals surface area contributed by atoms with Gasteiger partial charge >= 0.3 is 0 Å². The van der Waals surface area contributed by atoms with E-state index in [9.17, 15) is 0 Å². The SMILES string of the molecule is C=C/C=C(C)\C(=C/C)NCc1cc(CCC)c2nccnc2c1.CC.CCCC.[HH]. The largest absolute Gasteiger partial charge is 0.381 e. The quantitative estimate of drug-likeness (QED) is 0.462. The minimum atomic E-state index is 0. The maximum Gasteiger partial charge on any atom is 0.0918 e. The summed E-state index contributed by atoms with van der Waals surface area (Å²) in [6.07, 6.45) is 14.2. The van der Waals surface area contributed by atoms with Crippen LogP contribution in [0.5, 0.6) is 0 Å². The fourth-order valence-corrected chi connectivity index (χ4v) is 2.71. The number of rotatable bonds is 8. The highest BCUT2D eigenvalue weighted by Gasteiger charge is 2.06. The summed E-state index contributed by atoms with van der Waals surface area (Å²) in [6, 6.07) is 4.36. The summed E-state index contributed by atoms with van der Waals surface area (Å²) in [7, 11) is 0. The molecular weight excluding hydrogens is 354 g/mol. The van der Waals surface area contributed by atoms with Gasteiger partial charge in [0, 0.05) is 26.1 Å². The van der Waals surface area contributed by atoms with Crippen molar-refractivity contribution in [2.45, 2.75) is 80.7 Å². The highest BCUT2D eigenvalue weighted by atomic mass is 14.9. The highest BCUT2D eigenvalue weighted by molar-refractivity contribution is 5.78. The number of unbranched alkanes of at least 4 members (excludes halogenated alkanes) is 1. The van der Waals surface area contributed by atoms with Gasteiger partial charge in [-0.2, -0.15) is 0 Å². The molecule has 3 nitrogen and oxygen atoms in total. The van der Waals surface area contributed by atoms with Crippen LogP contribution in [0.1, 0.15) is 80.3 Å². The van der Waals surface area contributed by atoms with Crippen molar-refractivity contribution in [3.8, 4) is 0 Å². The Morgan fingerprint density at radius 3 is 2.28 bits per heavy atom. The smallest absolute Gasteiger partial charge is 0.0918 e.